The fraction of sp³-hybridized carbons (Fsp3) is 0.400. The van der Waals surface area contributed by atoms with Crippen LogP contribution in [0.4, 0.5) is 5.69 Å². The van der Waals surface area contributed by atoms with Crippen molar-refractivity contribution in [3.05, 3.63) is 23.3 Å². The van der Waals surface area contributed by atoms with Gasteiger partial charge in [0.1, 0.15) is 10.6 Å². The van der Waals surface area contributed by atoms with Gasteiger partial charge in [-0.25, -0.2) is 0 Å². The Morgan fingerprint density at radius 2 is 1.82 bits per heavy atom. The second kappa shape index (κ2) is 6.48. The lowest BCUT2D eigenvalue weighted by Gasteiger charge is -2.22. The van der Waals surface area contributed by atoms with Crippen molar-refractivity contribution in [1.82, 2.24) is 0 Å². The molecule has 0 aliphatic carbocycles. The Bertz CT molecular complexity index is 627. The molecule has 0 spiro atoms. The summed E-state index contributed by atoms with van der Waals surface area (Å²) in [6, 6.07) is 3.31. The van der Waals surface area contributed by atoms with Crippen LogP contribution in [0.15, 0.2) is 12.1 Å². The van der Waals surface area contributed by atoms with Gasteiger partial charge >= 0.3 is 5.97 Å². The lowest BCUT2D eigenvalue weighted by atomic mass is 10.0. The lowest BCUT2D eigenvalue weighted by Crippen LogP contribution is -2.30. The molecule has 1 aliphatic heterocycles. The van der Waals surface area contributed by atoms with Gasteiger partial charge in [-0.1, -0.05) is 15.9 Å². The molecule has 1 fully saturated rings. The van der Waals surface area contributed by atoms with Crippen LogP contribution in [0.1, 0.15) is 28.8 Å². The second-order valence-electron chi connectivity index (χ2n) is 4.89. The summed E-state index contributed by atoms with van der Waals surface area (Å²) in [4.78, 5) is 36.2. The zero-order valence-corrected chi connectivity index (χ0v) is 14.1. The van der Waals surface area contributed by atoms with Crippen LogP contribution in [0.5, 0.6) is 5.75 Å². The Morgan fingerprint density at radius 1 is 1.23 bits per heavy atom. The van der Waals surface area contributed by atoms with Gasteiger partial charge in [-0.2, -0.15) is 0 Å². The average molecular weight is 370 g/mol. The number of aryl methyl sites for hydroxylation is 1. The van der Waals surface area contributed by atoms with E-state index in [0.29, 0.717) is 17.0 Å². The van der Waals surface area contributed by atoms with Gasteiger partial charge in [0, 0.05) is 18.4 Å². The summed E-state index contributed by atoms with van der Waals surface area (Å²) in [7, 11) is 2.78. The predicted octanol–water partition coefficient (Wildman–Crippen LogP) is 2.27. The van der Waals surface area contributed by atoms with E-state index < -0.39 is 10.8 Å². The van der Waals surface area contributed by atoms with E-state index >= 15 is 0 Å². The van der Waals surface area contributed by atoms with Crippen LogP contribution in [-0.2, 0) is 19.1 Å². The molecule has 1 aromatic rings. The maximum Gasteiger partial charge on any atom is 0.324 e. The summed E-state index contributed by atoms with van der Waals surface area (Å²) < 4.78 is 9.99. The van der Waals surface area contributed by atoms with E-state index in [1.54, 1.807) is 19.1 Å². The molecule has 1 aliphatic rings. The molecule has 2 amide bonds. The molecule has 2 rings (SSSR count). The van der Waals surface area contributed by atoms with Crippen molar-refractivity contribution in [2.75, 3.05) is 19.1 Å². The third-order valence-electron chi connectivity index (χ3n) is 3.52. The van der Waals surface area contributed by atoms with Crippen LogP contribution in [0, 0.1) is 6.92 Å². The topological polar surface area (TPSA) is 72.9 Å². The van der Waals surface area contributed by atoms with Gasteiger partial charge in [-0.05, 0) is 24.6 Å². The van der Waals surface area contributed by atoms with Gasteiger partial charge < -0.3 is 9.47 Å². The van der Waals surface area contributed by atoms with Crippen LogP contribution in [0.2, 0.25) is 0 Å². The molecular formula is C15H16BrNO5. The number of anilines is 1. The molecule has 1 unspecified atom stereocenters. The van der Waals surface area contributed by atoms with E-state index in [2.05, 4.69) is 15.9 Å². The van der Waals surface area contributed by atoms with Crippen molar-refractivity contribution in [3.63, 3.8) is 0 Å². The summed E-state index contributed by atoms with van der Waals surface area (Å²) in [5.41, 5.74) is 1.61. The van der Waals surface area contributed by atoms with Crippen molar-refractivity contribution >= 4 is 39.4 Å². The van der Waals surface area contributed by atoms with Crippen molar-refractivity contribution < 1.29 is 23.9 Å². The molecule has 1 atom stereocenters. The highest BCUT2D eigenvalue weighted by molar-refractivity contribution is 9.09. The Balaban J connectivity index is 2.60. The number of rotatable bonds is 4. The number of esters is 1. The summed E-state index contributed by atoms with van der Waals surface area (Å²) >= 11 is 3.26. The summed E-state index contributed by atoms with van der Waals surface area (Å²) in [6.45, 7) is 1.80. The number of carbonyl (C=O) groups excluding carboxylic acids is 3. The van der Waals surface area contributed by atoms with Gasteiger partial charge in [0.2, 0.25) is 11.8 Å². The highest BCUT2D eigenvalue weighted by atomic mass is 79.9. The molecule has 22 heavy (non-hydrogen) atoms. The maximum absolute atomic E-state index is 12.0. The Hall–Kier alpha value is -1.89. The van der Waals surface area contributed by atoms with E-state index in [1.165, 1.54) is 14.2 Å². The molecule has 1 saturated heterocycles. The smallest absolute Gasteiger partial charge is 0.324 e. The number of nitrogens with zero attached hydrogens (tertiary/aromatic N) is 1. The number of alkyl halides is 1. The number of halogens is 1. The second-order valence-corrected chi connectivity index (χ2v) is 5.80. The zero-order valence-electron chi connectivity index (χ0n) is 12.5. The number of carbonyl (C=O) groups is 3. The Morgan fingerprint density at radius 3 is 2.32 bits per heavy atom. The molecule has 0 aromatic heterocycles. The standard InChI is InChI=1S/C15H16BrNO5/c1-8-6-10(17-12(18)4-5-13(17)19)9(7-11(8)21-2)14(16)15(20)22-3/h6-7,14H,4-5H2,1-3H3. The normalized spacial score (nSPS) is 15.9. The number of hydrogen-bond acceptors (Lipinski definition) is 5. The first-order chi connectivity index (χ1) is 10.4. The minimum absolute atomic E-state index is 0.175. The first-order valence-electron chi connectivity index (χ1n) is 6.67. The fourth-order valence-corrected chi connectivity index (χ4v) is 2.93. The number of imide groups is 1. The highest BCUT2D eigenvalue weighted by Gasteiger charge is 2.34. The van der Waals surface area contributed by atoms with Gasteiger partial charge in [-0.15, -0.1) is 0 Å². The molecule has 0 N–H and O–H groups in total. The van der Waals surface area contributed by atoms with Crippen molar-refractivity contribution in [2.45, 2.75) is 24.6 Å². The summed E-state index contributed by atoms with van der Waals surface area (Å²) in [6.07, 6.45) is 0.350. The minimum Gasteiger partial charge on any atom is -0.496 e. The largest absolute Gasteiger partial charge is 0.496 e. The molecule has 0 bridgehead atoms. The number of amides is 2. The summed E-state index contributed by atoms with van der Waals surface area (Å²) in [5.74, 6) is -0.516. The molecule has 0 saturated carbocycles. The summed E-state index contributed by atoms with van der Waals surface area (Å²) in [5, 5.41) is 0. The first kappa shape index (κ1) is 16.5. The number of benzene rings is 1. The molecule has 1 aromatic carbocycles. The molecular weight excluding hydrogens is 354 g/mol. The van der Waals surface area contributed by atoms with E-state index in [4.69, 9.17) is 9.47 Å². The van der Waals surface area contributed by atoms with E-state index in [-0.39, 0.29) is 24.7 Å². The maximum atomic E-state index is 12.0. The highest BCUT2D eigenvalue weighted by Crippen LogP contribution is 2.39. The predicted molar refractivity (Wildman–Crippen MR) is 83.1 cm³/mol. The molecule has 0 radical (unpaired) electrons. The van der Waals surface area contributed by atoms with Crippen LogP contribution >= 0.6 is 15.9 Å². The first-order valence-corrected chi connectivity index (χ1v) is 7.58. The van der Waals surface area contributed by atoms with Crippen molar-refractivity contribution in [3.8, 4) is 5.75 Å². The van der Waals surface area contributed by atoms with Gasteiger partial charge in [0.15, 0.2) is 0 Å². The average Bonchev–Trinajstić information content (AvgIpc) is 2.84. The minimum atomic E-state index is -0.803. The molecule has 6 nitrogen and oxygen atoms in total. The molecule has 118 valence electrons. The number of ether oxygens (including phenoxy) is 2. The van der Waals surface area contributed by atoms with Gasteiger partial charge in [-0.3, -0.25) is 19.3 Å². The quantitative estimate of drug-likeness (QED) is 0.462. The van der Waals surface area contributed by atoms with Crippen LogP contribution in [-0.4, -0.2) is 32.0 Å². The van der Waals surface area contributed by atoms with E-state index in [0.717, 1.165) is 10.5 Å². The Kier molecular flexibility index (Phi) is 4.85. The third kappa shape index (κ3) is 2.85. The number of methoxy groups -OCH3 is 2. The zero-order chi connectivity index (χ0) is 16.4. The van der Waals surface area contributed by atoms with Gasteiger partial charge in [0.05, 0.1) is 19.9 Å². The van der Waals surface area contributed by atoms with Crippen molar-refractivity contribution in [1.29, 1.82) is 0 Å². The van der Waals surface area contributed by atoms with Gasteiger partial charge in [0.25, 0.3) is 0 Å². The Labute approximate surface area is 136 Å². The van der Waals surface area contributed by atoms with Crippen molar-refractivity contribution in [2.24, 2.45) is 0 Å². The van der Waals surface area contributed by atoms with Crippen LogP contribution in [0.3, 0.4) is 0 Å². The third-order valence-corrected chi connectivity index (χ3v) is 4.38. The van der Waals surface area contributed by atoms with E-state index in [9.17, 15) is 14.4 Å². The lowest BCUT2D eigenvalue weighted by molar-refractivity contribution is -0.140. The van der Waals surface area contributed by atoms with Crippen LogP contribution < -0.4 is 9.64 Å². The van der Waals surface area contributed by atoms with E-state index in [1.807, 2.05) is 0 Å². The van der Waals surface area contributed by atoms with Crippen LogP contribution in [0.25, 0.3) is 0 Å². The monoisotopic (exact) mass is 369 g/mol. The SMILES string of the molecule is COC(=O)C(Br)c1cc(OC)c(C)cc1N1C(=O)CCC1=O. The fourth-order valence-electron chi connectivity index (χ4n) is 2.38. The number of hydrogen-bond donors (Lipinski definition) is 0. The molecule has 1 heterocycles. The molecule has 7 heteroatoms.